The summed E-state index contributed by atoms with van der Waals surface area (Å²) in [7, 11) is 0. The van der Waals surface area contributed by atoms with Crippen molar-refractivity contribution in [2.75, 3.05) is 5.32 Å². The molecule has 1 N–H and O–H groups in total. The summed E-state index contributed by atoms with van der Waals surface area (Å²) in [6, 6.07) is 27.4. The Labute approximate surface area is 162 Å². The zero-order valence-electron chi connectivity index (χ0n) is 15.0. The van der Waals surface area contributed by atoms with Gasteiger partial charge in [0.05, 0.1) is 11.4 Å². The maximum absolute atomic E-state index is 12.9. The third kappa shape index (κ3) is 2.91. The largest absolute Gasteiger partial charge is 0.321 e. The number of hydrogen-bond acceptors (Lipinski definition) is 2. The molecular formula is C24H17N3O. The number of hydrogen-bond donors (Lipinski definition) is 1. The number of anilines is 1. The zero-order valence-corrected chi connectivity index (χ0v) is 15.0. The number of carbonyl (C=O) groups excluding carboxylic acids is 1. The van der Waals surface area contributed by atoms with Crippen molar-refractivity contribution >= 4 is 28.0 Å². The van der Waals surface area contributed by atoms with Gasteiger partial charge in [-0.2, -0.15) is 0 Å². The second-order valence-electron chi connectivity index (χ2n) is 6.65. The van der Waals surface area contributed by atoms with Crippen molar-refractivity contribution in [2.24, 2.45) is 0 Å². The molecule has 5 aromatic rings. The Balaban J connectivity index is 1.50. The SMILES string of the molecule is O=C(Nc1ccccc1-c1cn2ccccc2n1)c1ccc2ccccc2c1. The molecule has 1 amide bonds. The number of fused-ring (bicyclic) bond motifs is 2. The van der Waals surface area contributed by atoms with Gasteiger partial charge in [0.25, 0.3) is 5.91 Å². The number of rotatable bonds is 3. The summed E-state index contributed by atoms with van der Waals surface area (Å²) in [4.78, 5) is 17.6. The van der Waals surface area contributed by atoms with E-state index in [1.807, 2.05) is 102 Å². The van der Waals surface area contributed by atoms with Gasteiger partial charge in [0.2, 0.25) is 0 Å². The molecule has 28 heavy (non-hydrogen) atoms. The number of nitrogens with zero attached hydrogens (tertiary/aromatic N) is 2. The molecule has 0 saturated heterocycles. The van der Waals surface area contributed by atoms with Crippen molar-refractivity contribution < 1.29 is 4.79 Å². The lowest BCUT2D eigenvalue weighted by Crippen LogP contribution is -2.12. The van der Waals surface area contributed by atoms with Crippen LogP contribution in [-0.2, 0) is 0 Å². The van der Waals surface area contributed by atoms with Crippen LogP contribution in [0, 0.1) is 0 Å². The number of imidazole rings is 1. The molecule has 0 bridgehead atoms. The summed E-state index contributed by atoms with van der Waals surface area (Å²) in [5.74, 6) is -0.137. The van der Waals surface area contributed by atoms with E-state index >= 15 is 0 Å². The van der Waals surface area contributed by atoms with Gasteiger partial charge < -0.3 is 9.72 Å². The van der Waals surface area contributed by atoms with Crippen LogP contribution in [0.5, 0.6) is 0 Å². The molecule has 0 aliphatic rings. The van der Waals surface area contributed by atoms with Crippen LogP contribution in [0.2, 0.25) is 0 Å². The van der Waals surface area contributed by atoms with Gasteiger partial charge in [0.15, 0.2) is 0 Å². The van der Waals surface area contributed by atoms with Crippen molar-refractivity contribution in [1.82, 2.24) is 9.38 Å². The summed E-state index contributed by atoms with van der Waals surface area (Å²) in [5, 5.41) is 5.21. The molecule has 2 heterocycles. The molecular weight excluding hydrogens is 346 g/mol. The normalized spacial score (nSPS) is 11.0. The lowest BCUT2D eigenvalue weighted by Gasteiger charge is -2.10. The van der Waals surface area contributed by atoms with Crippen molar-refractivity contribution in [1.29, 1.82) is 0 Å². The number of amides is 1. The number of pyridine rings is 1. The fraction of sp³-hybridized carbons (Fsp3) is 0. The fourth-order valence-corrected chi connectivity index (χ4v) is 3.40. The van der Waals surface area contributed by atoms with E-state index in [0.29, 0.717) is 5.56 Å². The van der Waals surface area contributed by atoms with E-state index in [-0.39, 0.29) is 5.91 Å². The summed E-state index contributed by atoms with van der Waals surface area (Å²) in [5.41, 5.74) is 3.95. The molecule has 0 atom stereocenters. The molecule has 4 heteroatoms. The van der Waals surface area contributed by atoms with E-state index in [0.717, 1.165) is 33.4 Å². The van der Waals surface area contributed by atoms with Gasteiger partial charge in [-0.3, -0.25) is 4.79 Å². The first-order valence-corrected chi connectivity index (χ1v) is 9.11. The van der Waals surface area contributed by atoms with Crippen molar-refractivity contribution in [3.8, 4) is 11.3 Å². The average molecular weight is 363 g/mol. The van der Waals surface area contributed by atoms with E-state index in [9.17, 15) is 4.79 Å². The van der Waals surface area contributed by atoms with Crippen molar-refractivity contribution in [2.45, 2.75) is 0 Å². The minimum absolute atomic E-state index is 0.137. The molecule has 0 saturated carbocycles. The Morgan fingerprint density at radius 3 is 2.50 bits per heavy atom. The van der Waals surface area contributed by atoms with E-state index in [1.54, 1.807) is 0 Å². The highest BCUT2D eigenvalue weighted by Crippen LogP contribution is 2.28. The third-order valence-corrected chi connectivity index (χ3v) is 4.83. The maximum Gasteiger partial charge on any atom is 0.255 e. The van der Waals surface area contributed by atoms with Gasteiger partial charge in [0.1, 0.15) is 5.65 Å². The Kier molecular flexibility index (Phi) is 3.87. The fourth-order valence-electron chi connectivity index (χ4n) is 3.40. The van der Waals surface area contributed by atoms with Gasteiger partial charge >= 0.3 is 0 Å². The van der Waals surface area contributed by atoms with Gasteiger partial charge in [0, 0.05) is 23.5 Å². The lowest BCUT2D eigenvalue weighted by atomic mass is 10.1. The standard InChI is InChI=1S/C24H17N3O/c28-24(19-13-12-17-7-1-2-8-18(17)15-19)26-21-10-4-3-9-20(21)22-16-27-14-6-5-11-23(27)25-22/h1-16H,(H,26,28). The van der Waals surface area contributed by atoms with Crippen LogP contribution >= 0.6 is 0 Å². The average Bonchev–Trinajstić information content (AvgIpc) is 3.18. The molecule has 0 unspecified atom stereocenters. The minimum Gasteiger partial charge on any atom is -0.321 e. The molecule has 0 radical (unpaired) electrons. The number of benzene rings is 3. The lowest BCUT2D eigenvalue weighted by molar-refractivity contribution is 0.102. The van der Waals surface area contributed by atoms with Crippen LogP contribution in [0.15, 0.2) is 97.3 Å². The monoisotopic (exact) mass is 363 g/mol. The number of carbonyl (C=O) groups is 1. The third-order valence-electron chi connectivity index (χ3n) is 4.83. The van der Waals surface area contributed by atoms with Crippen molar-refractivity contribution in [3.63, 3.8) is 0 Å². The number of para-hydroxylation sites is 1. The molecule has 0 fully saturated rings. The Bertz CT molecular complexity index is 1290. The van der Waals surface area contributed by atoms with E-state index in [2.05, 4.69) is 10.3 Å². The van der Waals surface area contributed by atoms with Gasteiger partial charge in [-0.25, -0.2) is 4.98 Å². The van der Waals surface area contributed by atoms with Crippen LogP contribution in [-0.4, -0.2) is 15.3 Å². The second-order valence-corrected chi connectivity index (χ2v) is 6.65. The first kappa shape index (κ1) is 16.3. The first-order chi connectivity index (χ1) is 13.8. The van der Waals surface area contributed by atoms with Crippen LogP contribution in [0.4, 0.5) is 5.69 Å². The van der Waals surface area contributed by atoms with Crippen LogP contribution in [0.25, 0.3) is 27.7 Å². The summed E-state index contributed by atoms with van der Waals surface area (Å²) in [6.07, 6.45) is 3.93. The number of nitrogens with one attached hydrogen (secondary N) is 1. The van der Waals surface area contributed by atoms with Crippen LogP contribution in [0.1, 0.15) is 10.4 Å². The van der Waals surface area contributed by atoms with E-state index in [1.165, 1.54) is 0 Å². The van der Waals surface area contributed by atoms with Crippen LogP contribution < -0.4 is 5.32 Å². The molecule has 0 spiro atoms. The number of aromatic nitrogens is 2. The Hall–Kier alpha value is -3.92. The van der Waals surface area contributed by atoms with Gasteiger partial charge in [-0.1, -0.05) is 54.6 Å². The van der Waals surface area contributed by atoms with Gasteiger partial charge in [-0.15, -0.1) is 0 Å². The highest BCUT2D eigenvalue weighted by molar-refractivity contribution is 6.08. The molecule has 2 aromatic heterocycles. The highest BCUT2D eigenvalue weighted by Gasteiger charge is 2.13. The van der Waals surface area contributed by atoms with Crippen LogP contribution in [0.3, 0.4) is 0 Å². The molecule has 4 nitrogen and oxygen atoms in total. The molecule has 0 aliphatic heterocycles. The summed E-state index contributed by atoms with van der Waals surface area (Å²) < 4.78 is 1.97. The maximum atomic E-state index is 12.9. The second kappa shape index (κ2) is 6.67. The zero-order chi connectivity index (χ0) is 18.9. The van der Waals surface area contributed by atoms with E-state index < -0.39 is 0 Å². The highest BCUT2D eigenvalue weighted by atomic mass is 16.1. The molecule has 0 aliphatic carbocycles. The molecule has 134 valence electrons. The predicted octanol–water partition coefficient (Wildman–Crippen LogP) is 5.41. The smallest absolute Gasteiger partial charge is 0.255 e. The Morgan fingerprint density at radius 2 is 1.61 bits per heavy atom. The summed E-state index contributed by atoms with van der Waals surface area (Å²) in [6.45, 7) is 0. The minimum atomic E-state index is -0.137. The quantitative estimate of drug-likeness (QED) is 0.466. The Morgan fingerprint density at radius 1 is 0.821 bits per heavy atom. The molecule has 5 rings (SSSR count). The predicted molar refractivity (Wildman–Crippen MR) is 113 cm³/mol. The first-order valence-electron chi connectivity index (χ1n) is 9.11. The molecule has 3 aromatic carbocycles. The van der Waals surface area contributed by atoms with E-state index in [4.69, 9.17) is 0 Å². The van der Waals surface area contributed by atoms with Gasteiger partial charge in [-0.05, 0) is 41.1 Å². The van der Waals surface area contributed by atoms with Crippen molar-refractivity contribution in [3.05, 3.63) is 103 Å². The topological polar surface area (TPSA) is 46.4 Å². The summed E-state index contributed by atoms with van der Waals surface area (Å²) >= 11 is 0.